The van der Waals surface area contributed by atoms with Gasteiger partial charge in [-0.05, 0) is 11.1 Å². The van der Waals surface area contributed by atoms with Crippen molar-refractivity contribution in [3.8, 4) is 12.3 Å². The van der Waals surface area contributed by atoms with E-state index in [4.69, 9.17) is 25.4 Å². The lowest BCUT2D eigenvalue weighted by molar-refractivity contribution is -0.163. The first-order valence-corrected chi connectivity index (χ1v) is 8.27. The Morgan fingerprint density at radius 1 is 0.880 bits per heavy atom. The zero-order chi connectivity index (χ0) is 17.5. The lowest BCUT2D eigenvalue weighted by Gasteiger charge is -2.23. The van der Waals surface area contributed by atoms with Gasteiger partial charge in [-0.1, -0.05) is 66.6 Å². The molecule has 0 unspecified atom stereocenters. The number of terminal acetylenes is 1. The molecule has 25 heavy (non-hydrogen) atoms. The van der Waals surface area contributed by atoms with Crippen LogP contribution in [0.4, 0.5) is 0 Å². The Labute approximate surface area is 148 Å². The first kappa shape index (κ1) is 17.7. The number of benzene rings is 2. The summed E-state index contributed by atoms with van der Waals surface area (Å²) in [5.74, 6) is 2.64. The fourth-order valence-corrected chi connectivity index (χ4v) is 2.84. The van der Waals surface area contributed by atoms with Gasteiger partial charge in [0.2, 0.25) is 0 Å². The van der Waals surface area contributed by atoms with Crippen LogP contribution in [0.1, 0.15) is 11.1 Å². The van der Waals surface area contributed by atoms with Crippen LogP contribution in [0.15, 0.2) is 60.7 Å². The topological polar surface area (TPSA) is 36.9 Å². The van der Waals surface area contributed by atoms with Gasteiger partial charge >= 0.3 is 0 Å². The third-order valence-electron chi connectivity index (χ3n) is 4.14. The van der Waals surface area contributed by atoms with Gasteiger partial charge in [0.1, 0.15) is 18.3 Å². The van der Waals surface area contributed by atoms with Gasteiger partial charge in [-0.2, -0.15) is 0 Å². The highest BCUT2D eigenvalue weighted by Gasteiger charge is 2.46. The van der Waals surface area contributed by atoms with Gasteiger partial charge in [-0.3, -0.25) is 0 Å². The molecule has 130 valence electrons. The molecule has 2 aromatic carbocycles. The lowest BCUT2D eigenvalue weighted by Crippen LogP contribution is -2.37. The van der Waals surface area contributed by atoms with E-state index in [9.17, 15) is 0 Å². The summed E-state index contributed by atoms with van der Waals surface area (Å²) < 4.78 is 23.3. The maximum absolute atomic E-state index is 6.06. The second-order valence-corrected chi connectivity index (χ2v) is 5.85. The van der Waals surface area contributed by atoms with Crippen LogP contribution in [0.25, 0.3) is 0 Å². The van der Waals surface area contributed by atoms with Crippen molar-refractivity contribution in [3.63, 3.8) is 0 Å². The second-order valence-electron chi connectivity index (χ2n) is 5.85. The zero-order valence-corrected chi connectivity index (χ0v) is 14.2. The van der Waals surface area contributed by atoms with E-state index in [0.29, 0.717) is 13.2 Å². The molecule has 0 aromatic heterocycles. The fourth-order valence-electron chi connectivity index (χ4n) is 2.84. The summed E-state index contributed by atoms with van der Waals surface area (Å²) in [7, 11) is 1.58. The van der Waals surface area contributed by atoms with Gasteiger partial charge in [0.05, 0.1) is 13.2 Å². The highest BCUT2D eigenvalue weighted by Crippen LogP contribution is 2.28. The molecule has 4 heteroatoms. The minimum atomic E-state index is -0.550. The van der Waals surface area contributed by atoms with Crippen LogP contribution in [0, 0.1) is 12.3 Å². The molecule has 0 saturated carbocycles. The minimum absolute atomic E-state index is 0.390. The lowest BCUT2D eigenvalue weighted by atomic mass is 10.1. The van der Waals surface area contributed by atoms with Crippen LogP contribution in [0.5, 0.6) is 0 Å². The Hall–Kier alpha value is -2.16. The zero-order valence-electron chi connectivity index (χ0n) is 14.2. The van der Waals surface area contributed by atoms with E-state index in [1.165, 1.54) is 0 Å². The number of ether oxygens (including phenoxy) is 4. The first-order valence-electron chi connectivity index (χ1n) is 8.27. The molecule has 4 nitrogen and oxygen atoms in total. The Kier molecular flexibility index (Phi) is 6.21. The molecular weight excluding hydrogens is 316 g/mol. The van der Waals surface area contributed by atoms with Crippen LogP contribution in [-0.2, 0) is 32.2 Å². The van der Waals surface area contributed by atoms with E-state index < -0.39 is 18.5 Å². The van der Waals surface area contributed by atoms with Crippen LogP contribution in [0.2, 0.25) is 0 Å². The molecule has 0 bridgehead atoms. The van der Waals surface area contributed by atoms with Crippen molar-refractivity contribution < 1.29 is 18.9 Å². The van der Waals surface area contributed by atoms with Gasteiger partial charge in [0.25, 0.3) is 0 Å². The third kappa shape index (κ3) is 4.47. The molecule has 2 aromatic rings. The van der Waals surface area contributed by atoms with Crippen molar-refractivity contribution in [1.29, 1.82) is 0 Å². The van der Waals surface area contributed by atoms with Crippen molar-refractivity contribution in [2.45, 2.75) is 37.8 Å². The fraction of sp³-hybridized carbons (Fsp3) is 0.333. The number of rotatable bonds is 7. The molecular formula is C21H22O4. The second kappa shape index (κ2) is 8.80. The van der Waals surface area contributed by atoms with Gasteiger partial charge in [-0.15, -0.1) is 6.42 Å². The molecule has 0 aliphatic carbocycles. The Morgan fingerprint density at radius 3 is 1.88 bits per heavy atom. The molecule has 1 aliphatic rings. The molecule has 1 heterocycles. The standard InChI is InChI=1S/C21H22O4/c1-3-18-19(23-14-16-10-6-4-7-11-16)20(21(22-2)25-18)24-15-17-12-8-5-9-13-17/h1,4-13,18-21H,14-15H2,2H3/t18-,19+,20-,21-/m1/s1. The summed E-state index contributed by atoms with van der Waals surface area (Å²) in [5.41, 5.74) is 2.14. The maximum atomic E-state index is 6.06. The molecule has 3 rings (SSSR count). The summed E-state index contributed by atoms with van der Waals surface area (Å²) in [6.07, 6.45) is 3.77. The maximum Gasteiger partial charge on any atom is 0.187 e. The van der Waals surface area contributed by atoms with Crippen LogP contribution >= 0.6 is 0 Å². The molecule has 4 atom stereocenters. The molecule has 0 N–H and O–H groups in total. The monoisotopic (exact) mass is 338 g/mol. The normalized spacial score (nSPS) is 25.6. The quantitative estimate of drug-likeness (QED) is 0.727. The smallest absolute Gasteiger partial charge is 0.187 e. The highest BCUT2D eigenvalue weighted by atomic mass is 16.7. The summed E-state index contributed by atoms with van der Waals surface area (Å²) in [6, 6.07) is 19.9. The van der Waals surface area contributed by atoms with Crippen molar-refractivity contribution in [2.24, 2.45) is 0 Å². The van der Waals surface area contributed by atoms with Crippen LogP contribution < -0.4 is 0 Å². The van der Waals surface area contributed by atoms with E-state index >= 15 is 0 Å². The Bertz CT molecular complexity index is 680. The third-order valence-corrected chi connectivity index (χ3v) is 4.14. The van der Waals surface area contributed by atoms with Crippen LogP contribution in [0.3, 0.4) is 0 Å². The summed E-state index contributed by atoms with van der Waals surface area (Å²) in [4.78, 5) is 0. The molecule has 1 saturated heterocycles. The van der Waals surface area contributed by atoms with Gasteiger partial charge in [0.15, 0.2) is 6.29 Å². The van der Waals surface area contributed by atoms with Gasteiger partial charge in [-0.25, -0.2) is 0 Å². The number of hydrogen-bond donors (Lipinski definition) is 0. The average molecular weight is 338 g/mol. The van der Waals surface area contributed by atoms with Gasteiger partial charge < -0.3 is 18.9 Å². The summed E-state index contributed by atoms with van der Waals surface area (Å²) >= 11 is 0. The van der Waals surface area contributed by atoms with E-state index in [-0.39, 0.29) is 6.10 Å². The minimum Gasteiger partial charge on any atom is -0.367 e. The van der Waals surface area contributed by atoms with Gasteiger partial charge in [0, 0.05) is 7.11 Å². The summed E-state index contributed by atoms with van der Waals surface area (Å²) in [5, 5.41) is 0. The predicted octanol–water partition coefficient (Wildman–Crippen LogP) is 3.16. The number of methoxy groups -OCH3 is 1. The Balaban J connectivity index is 1.68. The van der Waals surface area contributed by atoms with Crippen molar-refractivity contribution in [1.82, 2.24) is 0 Å². The molecule has 1 fully saturated rings. The predicted molar refractivity (Wildman–Crippen MR) is 94.5 cm³/mol. The molecule has 0 amide bonds. The largest absolute Gasteiger partial charge is 0.367 e. The SMILES string of the molecule is C#C[C@H]1O[C@@H](OC)[C@H](OCc2ccccc2)[C@H]1OCc1ccccc1. The Morgan fingerprint density at radius 2 is 1.40 bits per heavy atom. The van der Waals surface area contributed by atoms with Crippen molar-refractivity contribution >= 4 is 0 Å². The van der Waals surface area contributed by atoms with E-state index in [0.717, 1.165) is 11.1 Å². The molecule has 0 spiro atoms. The summed E-state index contributed by atoms with van der Waals surface area (Å²) in [6.45, 7) is 0.881. The van der Waals surface area contributed by atoms with Crippen molar-refractivity contribution in [2.75, 3.05) is 7.11 Å². The number of hydrogen-bond acceptors (Lipinski definition) is 4. The first-order chi connectivity index (χ1) is 12.3. The van der Waals surface area contributed by atoms with E-state index in [1.54, 1.807) is 7.11 Å². The van der Waals surface area contributed by atoms with Crippen LogP contribution in [-0.4, -0.2) is 31.7 Å². The highest BCUT2D eigenvalue weighted by molar-refractivity contribution is 5.15. The molecule has 1 aliphatic heterocycles. The van der Waals surface area contributed by atoms with E-state index in [2.05, 4.69) is 5.92 Å². The average Bonchev–Trinajstić information content (AvgIpc) is 3.03. The molecule has 0 radical (unpaired) electrons. The van der Waals surface area contributed by atoms with Crippen molar-refractivity contribution in [3.05, 3.63) is 71.8 Å². The van der Waals surface area contributed by atoms with E-state index in [1.807, 2.05) is 60.7 Å².